The third kappa shape index (κ3) is 3.82. The smallest absolute Gasteiger partial charge is 0.317 e. The Morgan fingerprint density at radius 2 is 2.12 bits per heavy atom. The maximum absolute atomic E-state index is 12.3. The van der Waals surface area contributed by atoms with Crippen LogP contribution in [0.3, 0.4) is 0 Å². The Bertz CT molecular complexity index is 805. The first kappa shape index (κ1) is 16.5. The molecule has 3 heterocycles. The Hall–Kier alpha value is -1.99. The number of para-hydroxylation sites is 1. The van der Waals surface area contributed by atoms with Crippen LogP contribution in [-0.2, 0) is 6.42 Å². The number of hydrogen-bond donors (Lipinski definition) is 1. The molecule has 1 N–H and O–H groups in total. The SMILES string of the molecule is O=C(NCCc1nccs1)N1CCC(c2nc3ccccc3s2)CC1. The highest BCUT2D eigenvalue weighted by Crippen LogP contribution is 2.33. The fourth-order valence-corrected chi connectivity index (χ4v) is 4.92. The average molecular weight is 373 g/mol. The molecule has 4 rings (SSSR count). The minimum absolute atomic E-state index is 0.0410. The van der Waals surface area contributed by atoms with Gasteiger partial charge >= 0.3 is 6.03 Å². The molecule has 0 radical (unpaired) electrons. The van der Waals surface area contributed by atoms with Crippen molar-refractivity contribution in [3.8, 4) is 0 Å². The third-order valence-electron chi connectivity index (χ3n) is 4.54. The van der Waals surface area contributed by atoms with Gasteiger partial charge in [0, 0.05) is 43.5 Å². The van der Waals surface area contributed by atoms with Crippen molar-refractivity contribution in [2.24, 2.45) is 0 Å². The maximum atomic E-state index is 12.3. The van der Waals surface area contributed by atoms with Crippen LogP contribution in [0.5, 0.6) is 0 Å². The summed E-state index contributed by atoms with van der Waals surface area (Å²) in [5.41, 5.74) is 1.09. The first-order valence-corrected chi connectivity index (χ1v) is 10.3. The monoisotopic (exact) mass is 372 g/mol. The topological polar surface area (TPSA) is 58.1 Å². The molecule has 7 heteroatoms. The number of nitrogens with one attached hydrogen (secondary N) is 1. The van der Waals surface area contributed by atoms with Crippen molar-refractivity contribution < 1.29 is 4.79 Å². The summed E-state index contributed by atoms with van der Waals surface area (Å²) in [6, 6.07) is 8.33. The number of rotatable bonds is 4. The molecule has 0 aliphatic carbocycles. The summed E-state index contributed by atoms with van der Waals surface area (Å²) in [6.07, 6.45) is 4.57. The molecule has 1 aliphatic rings. The van der Waals surface area contributed by atoms with E-state index in [0.29, 0.717) is 12.5 Å². The molecule has 3 aromatic rings. The standard InChI is InChI=1S/C18H20N4OS2/c23-18(20-8-5-16-19-9-12-24-16)22-10-6-13(7-11-22)17-21-14-3-1-2-4-15(14)25-17/h1-4,9,12-13H,5-8,10-11H2,(H,20,23). The Morgan fingerprint density at radius 1 is 1.28 bits per heavy atom. The second-order valence-electron chi connectivity index (χ2n) is 6.19. The Kier molecular flexibility index (Phi) is 4.94. The van der Waals surface area contributed by atoms with Crippen LogP contribution in [0.4, 0.5) is 4.79 Å². The number of benzene rings is 1. The Balaban J connectivity index is 1.28. The molecule has 1 fully saturated rings. The van der Waals surface area contributed by atoms with Crippen LogP contribution in [0.25, 0.3) is 10.2 Å². The van der Waals surface area contributed by atoms with Gasteiger partial charge in [0.15, 0.2) is 0 Å². The number of nitrogens with zero attached hydrogens (tertiary/aromatic N) is 3. The van der Waals surface area contributed by atoms with Crippen molar-refractivity contribution in [2.45, 2.75) is 25.2 Å². The first-order chi connectivity index (χ1) is 12.3. The summed E-state index contributed by atoms with van der Waals surface area (Å²) < 4.78 is 1.25. The van der Waals surface area contributed by atoms with Gasteiger partial charge in [-0.1, -0.05) is 12.1 Å². The first-order valence-electron chi connectivity index (χ1n) is 8.56. The van der Waals surface area contributed by atoms with Crippen molar-refractivity contribution in [3.05, 3.63) is 45.9 Å². The van der Waals surface area contributed by atoms with E-state index in [1.54, 1.807) is 28.9 Å². The van der Waals surface area contributed by atoms with Crippen LogP contribution in [-0.4, -0.2) is 40.5 Å². The lowest BCUT2D eigenvalue weighted by Gasteiger charge is -2.31. The predicted octanol–water partition coefficient (Wildman–Crippen LogP) is 3.88. The third-order valence-corrected chi connectivity index (χ3v) is 6.58. The molecule has 1 aliphatic heterocycles. The van der Waals surface area contributed by atoms with Gasteiger partial charge in [0.2, 0.25) is 0 Å². The second kappa shape index (κ2) is 7.49. The van der Waals surface area contributed by atoms with Crippen molar-refractivity contribution >= 4 is 38.9 Å². The largest absolute Gasteiger partial charge is 0.338 e. The van der Waals surface area contributed by atoms with E-state index in [-0.39, 0.29) is 6.03 Å². The zero-order chi connectivity index (χ0) is 17.1. The van der Waals surface area contributed by atoms with E-state index in [1.807, 2.05) is 16.3 Å². The minimum Gasteiger partial charge on any atom is -0.338 e. The molecule has 0 spiro atoms. The number of aromatic nitrogens is 2. The predicted molar refractivity (Wildman–Crippen MR) is 102 cm³/mol. The number of fused-ring (bicyclic) bond motifs is 1. The van der Waals surface area contributed by atoms with Crippen molar-refractivity contribution in [2.75, 3.05) is 19.6 Å². The van der Waals surface area contributed by atoms with Crippen molar-refractivity contribution in [1.82, 2.24) is 20.2 Å². The Morgan fingerprint density at radius 3 is 2.88 bits per heavy atom. The molecule has 0 atom stereocenters. The minimum atomic E-state index is 0.0410. The molecular weight excluding hydrogens is 352 g/mol. The lowest BCUT2D eigenvalue weighted by molar-refractivity contribution is 0.181. The van der Waals surface area contributed by atoms with Crippen LogP contribution >= 0.6 is 22.7 Å². The zero-order valence-electron chi connectivity index (χ0n) is 13.9. The quantitative estimate of drug-likeness (QED) is 0.756. The van der Waals surface area contributed by atoms with Gasteiger partial charge in [0.25, 0.3) is 0 Å². The highest BCUT2D eigenvalue weighted by atomic mass is 32.1. The number of thiazole rings is 2. The van der Waals surface area contributed by atoms with Gasteiger partial charge < -0.3 is 10.2 Å². The van der Waals surface area contributed by atoms with Crippen LogP contribution in [0.1, 0.15) is 28.8 Å². The molecule has 0 saturated carbocycles. The summed E-state index contributed by atoms with van der Waals surface area (Å²) in [6.45, 7) is 2.23. The summed E-state index contributed by atoms with van der Waals surface area (Å²) in [5.74, 6) is 0.469. The van der Waals surface area contributed by atoms with Crippen molar-refractivity contribution in [1.29, 1.82) is 0 Å². The maximum Gasteiger partial charge on any atom is 0.317 e. The molecule has 0 unspecified atom stereocenters. The highest BCUT2D eigenvalue weighted by Gasteiger charge is 2.25. The van der Waals surface area contributed by atoms with Gasteiger partial charge in [0.05, 0.1) is 20.2 Å². The number of urea groups is 1. The van der Waals surface area contributed by atoms with Gasteiger partial charge in [-0.2, -0.15) is 0 Å². The van der Waals surface area contributed by atoms with Crippen LogP contribution in [0.15, 0.2) is 35.8 Å². The number of hydrogen-bond acceptors (Lipinski definition) is 5. The second-order valence-corrected chi connectivity index (χ2v) is 8.23. The molecule has 2 aromatic heterocycles. The molecule has 25 heavy (non-hydrogen) atoms. The van der Waals surface area contributed by atoms with E-state index < -0.39 is 0 Å². The number of carbonyl (C=O) groups excluding carboxylic acids is 1. The van der Waals surface area contributed by atoms with E-state index in [2.05, 4.69) is 28.5 Å². The van der Waals surface area contributed by atoms with Gasteiger partial charge in [-0.05, 0) is 25.0 Å². The number of carbonyl (C=O) groups is 1. The molecular formula is C18H20N4OS2. The summed E-state index contributed by atoms with van der Waals surface area (Å²) >= 11 is 3.42. The number of piperidine rings is 1. The van der Waals surface area contributed by atoms with Gasteiger partial charge in [0.1, 0.15) is 0 Å². The molecule has 1 saturated heterocycles. The van der Waals surface area contributed by atoms with E-state index in [0.717, 1.165) is 42.9 Å². The van der Waals surface area contributed by atoms with Crippen LogP contribution < -0.4 is 5.32 Å². The van der Waals surface area contributed by atoms with Gasteiger partial charge in [-0.3, -0.25) is 0 Å². The van der Waals surface area contributed by atoms with E-state index >= 15 is 0 Å². The van der Waals surface area contributed by atoms with Crippen LogP contribution in [0.2, 0.25) is 0 Å². The molecule has 1 aromatic carbocycles. The number of likely N-dealkylation sites (tertiary alicyclic amines) is 1. The Labute approximate surface area is 154 Å². The van der Waals surface area contributed by atoms with Gasteiger partial charge in [-0.25, -0.2) is 14.8 Å². The summed E-state index contributed by atoms with van der Waals surface area (Å²) in [7, 11) is 0. The van der Waals surface area contributed by atoms with Gasteiger partial charge in [-0.15, -0.1) is 22.7 Å². The van der Waals surface area contributed by atoms with E-state index in [4.69, 9.17) is 4.98 Å². The average Bonchev–Trinajstić information content (AvgIpc) is 3.31. The molecule has 0 bridgehead atoms. The number of amides is 2. The van der Waals surface area contributed by atoms with Crippen molar-refractivity contribution in [3.63, 3.8) is 0 Å². The highest BCUT2D eigenvalue weighted by molar-refractivity contribution is 7.18. The van der Waals surface area contributed by atoms with E-state index in [9.17, 15) is 4.79 Å². The zero-order valence-corrected chi connectivity index (χ0v) is 15.5. The normalized spacial score (nSPS) is 15.6. The summed E-state index contributed by atoms with van der Waals surface area (Å²) in [5, 5.41) is 7.25. The lowest BCUT2D eigenvalue weighted by atomic mass is 9.98. The summed E-state index contributed by atoms with van der Waals surface area (Å²) in [4.78, 5) is 23.2. The van der Waals surface area contributed by atoms with E-state index in [1.165, 1.54) is 9.71 Å². The fourth-order valence-electron chi connectivity index (χ4n) is 3.16. The van der Waals surface area contributed by atoms with Crippen LogP contribution in [0, 0.1) is 0 Å². The molecule has 2 amide bonds. The fraction of sp³-hybridized carbons (Fsp3) is 0.389. The molecule has 5 nitrogen and oxygen atoms in total. The lowest BCUT2D eigenvalue weighted by Crippen LogP contribution is -2.44. The molecule has 130 valence electrons.